The van der Waals surface area contributed by atoms with E-state index < -0.39 is 10.8 Å². The molecule has 0 spiro atoms. The van der Waals surface area contributed by atoms with Crippen molar-refractivity contribution < 1.29 is 19.2 Å². The zero-order valence-corrected chi connectivity index (χ0v) is 16.2. The van der Waals surface area contributed by atoms with Gasteiger partial charge >= 0.3 is 5.69 Å². The highest BCUT2D eigenvalue weighted by atomic mass is 16.6. The van der Waals surface area contributed by atoms with Gasteiger partial charge in [0, 0.05) is 29.6 Å². The van der Waals surface area contributed by atoms with Gasteiger partial charge in [-0.15, -0.1) is 0 Å². The van der Waals surface area contributed by atoms with E-state index >= 15 is 0 Å². The number of para-hydroxylation sites is 1. The van der Waals surface area contributed by atoms with Crippen LogP contribution in [0.2, 0.25) is 0 Å². The molecule has 1 heterocycles. The average molecular weight is 396 g/mol. The Morgan fingerprint density at radius 1 is 1.31 bits per heavy atom. The van der Waals surface area contributed by atoms with E-state index in [1.165, 1.54) is 19.4 Å². The first-order chi connectivity index (χ1) is 14.0. The van der Waals surface area contributed by atoms with Crippen LogP contribution in [0.15, 0.2) is 47.6 Å². The Labute approximate surface area is 166 Å². The van der Waals surface area contributed by atoms with Crippen LogP contribution in [0.4, 0.5) is 5.69 Å². The van der Waals surface area contributed by atoms with E-state index in [1.54, 1.807) is 30.7 Å². The Balaban J connectivity index is 1.84. The second-order valence-corrected chi connectivity index (χ2v) is 6.11. The number of carbonyl (C=O) groups is 1. The molecule has 1 N–H and O–H groups in total. The Morgan fingerprint density at radius 2 is 2.07 bits per heavy atom. The number of aryl methyl sites for hydroxylation is 1. The molecule has 1 aromatic heterocycles. The maximum Gasteiger partial charge on any atom is 0.315 e. The van der Waals surface area contributed by atoms with Gasteiger partial charge in [-0.05, 0) is 25.1 Å². The number of benzene rings is 2. The summed E-state index contributed by atoms with van der Waals surface area (Å²) < 4.78 is 12.3. The number of aromatic nitrogens is 1. The van der Waals surface area contributed by atoms with Crippen LogP contribution in [0, 0.1) is 10.1 Å². The number of ether oxygens (including phenoxy) is 2. The van der Waals surface area contributed by atoms with Crippen molar-refractivity contribution in [3.63, 3.8) is 0 Å². The third-order valence-electron chi connectivity index (χ3n) is 4.32. The molecule has 0 fully saturated rings. The number of rotatable bonds is 7. The SMILES string of the molecule is CCOc1cc(/C=N/NC(=O)c2cc3ccccc3n2C)cc([N+](=O)[O-])c1OC. The molecule has 0 radical (unpaired) electrons. The van der Waals surface area contributed by atoms with Crippen LogP contribution in [-0.4, -0.2) is 35.3 Å². The molecule has 0 unspecified atom stereocenters. The number of nitrogens with zero attached hydrogens (tertiary/aromatic N) is 3. The first-order valence-corrected chi connectivity index (χ1v) is 8.83. The minimum absolute atomic E-state index is 0.0357. The summed E-state index contributed by atoms with van der Waals surface area (Å²) in [6.07, 6.45) is 1.31. The number of nitro groups is 1. The van der Waals surface area contributed by atoms with E-state index in [0.717, 1.165) is 10.9 Å². The Bertz CT molecular complexity index is 1100. The lowest BCUT2D eigenvalue weighted by atomic mass is 10.2. The van der Waals surface area contributed by atoms with Crippen LogP contribution in [0.25, 0.3) is 10.9 Å². The number of fused-ring (bicyclic) bond motifs is 1. The molecule has 0 saturated carbocycles. The number of nitrogens with one attached hydrogen (secondary N) is 1. The second-order valence-electron chi connectivity index (χ2n) is 6.11. The molecule has 9 nitrogen and oxygen atoms in total. The first-order valence-electron chi connectivity index (χ1n) is 8.83. The summed E-state index contributed by atoms with van der Waals surface area (Å²) in [5.74, 6) is -0.132. The van der Waals surface area contributed by atoms with Crippen LogP contribution in [0.1, 0.15) is 23.0 Å². The number of hydrogen-bond donors (Lipinski definition) is 1. The van der Waals surface area contributed by atoms with Crippen LogP contribution in [0.5, 0.6) is 11.5 Å². The van der Waals surface area contributed by atoms with Gasteiger partial charge in [-0.25, -0.2) is 5.43 Å². The van der Waals surface area contributed by atoms with Gasteiger partial charge in [-0.1, -0.05) is 18.2 Å². The standard InChI is InChI=1S/C20H20N4O5/c1-4-29-18-10-13(9-16(24(26)27)19(18)28-3)12-21-22-20(25)17-11-14-7-5-6-8-15(14)23(17)2/h5-12H,4H2,1-3H3,(H,22,25)/b21-12+. The van der Waals surface area contributed by atoms with Crippen molar-refractivity contribution in [2.75, 3.05) is 13.7 Å². The van der Waals surface area contributed by atoms with E-state index in [1.807, 2.05) is 24.3 Å². The van der Waals surface area contributed by atoms with Gasteiger partial charge in [-0.3, -0.25) is 14.9 Å². The van der Waals surface area contributed by atoms with E-state index in [-0.39, 0.29) is 17.2 Å². The molecule has 29 heavy (non-hydrogen) atoms. The lowest BCUT2D eigenvalue weighted by molar-refractivity contribution is -0.385. The smallest absolute Gasteiger partial charge is 0.315 e. The van der Waals surface area contributed by atoms with Gasteiger partial charge in [0.1, 0.15) is 5.69 Å². The summed E-state index contributed by atoms with van der Waals surface area (Å²) in [4.78, 5) is 23.2. The zero-order valence-electron chi connectivity index (χ0n) is 16.2. The zero-order chi connectivity index (χ0) is 21.0. The van der Waals surface area contributed by atoms with E-state index in [0.29, 0.717) is 17.9 Å². The largest absolute Gasteiger partial charge is 0.490 e. The maximum absolute atomic E-state index is 12.5. The minimum Gasteiger partial charge on any atom is -0.490 e. The van der Waals surface area contributed by atoms with Crippen molar-refractivity contribution in [2.24, 2.45) is 12.1 Å². The summed E-state index contributed by atoms with van der Waals surface area (Å²) >= 11 is 0. The van der Waals surface area contributed by atoms with Gasteiger partial charge in [0.2, 0.25) is 5.75 Å². The fraction of sp³-hybridized carbons (Fsp3) is 0.200. The van der Waals surface area contributed by atoms with Crippen molar-refractivity contribution in [3.05, 3.63) is 63.8 Å². The predicted molar refractivity (Wildman–Crippen MR) is 109 cm³/mol. The van der Waals surface area contributed by atoms with E-state index in [4.69, 9.17) is 9.47 Å². The summed E-state index contributed by atoms with van der Waals surface area (Å²) in [6.45, 7) is 2.07. The van der Waals surface area contributed by atoms with Gasteiger partial charge in [0.25, 0.3) is 5.91 Å². The topological polar surface area (TPSA) is 108 Å². The number of hydrazone groups is 1. The summed E-state index contributed by atoms with van der Waals surface area (Å²) in [5, 5.41) is 16.2. The molecule has 2 aromatic carbocycles. The van der Waals surface area contributed by atoms with Crippen LogP contribution >= 0.6 is 0 Å². The normalized spacial score (nSPS) is 11.0. The summed E-state index contributed by atoms with van der Waals surface area (Å²) in [6, 6.07) is 12.3. The summed E-state index contributed by atoms with van der Waals surface area (Å²) in [7, 11) is 3.13. The fourth-order valence-corrected chi connectivity index (χ4v) is 3.02. The van der Waals surface area contributed by atoms with Gasteiger partial charge in [0.15, 0.2) is 5.75 Å². The third kappa shape index (κ3) is 4.03. The van der Waals surface area contributed by atoms with Crippen molar-refractivity contribution in [1.29, 1.82) is 0 Å². The molecule has 3 aromatic rings. The minimum atomic E-state index is -0.563. The molecule has 150 valence electrons. The molecule has 0 aliphatic heterocycles. The number of hydrogen-bond acceptors (Lipinski definition) is 6. The van der Waals surface area contributed by atoms with E-state index in [9.17, 15) is 14.9 Å². The Kier molecular flexibility index (Phi) is 5.77. The number of methoxy groups -OCH3 is 1. The van der Waals surface area contributed by atoms with E-state index in [2.05, 4.69) is 10.5 Å². The molecule has 9 heteroatoms. The van der Waals surface area contributed by atoms with Crippen LogP contribution in [-0.2, 0) is 7.05 Å². The van der Waals surface area contributed by atoms with Crippen molar-refractivity contribution in [1.82, 2.24) is 9.99 Å². The fourth-order valence-electron chi connectivity index (χ4n) is 3.02. The molecule has 0 bridgehead atoms. The van der Waals surface area contributed by atoms with Gasteiger partial charge in [0.05, 0.1) is 24.9 Å². The van der Waals surface area contributed by atoms with Crippen LogP contribution < -0.4 is 14.9 Å². The first kappa shape index (κ1) is 19.9. The number of carbonyl (C=O) groups excluding carboxylic acids is 1. The highest BCUT2D eigenvalue weighted by Crippen LogP contribution is 2.37. The molecule has 0 aliphatic carbocycles. The maximum atomic E-state index is 12.5. The quantitative estimate of drug-likeness (QED) is 0.375. The summed E-state index contributed by atoms with van der Waals surface area (Å²) in [5.41, 5.74) is 3.95. The molecule has 0 saturated heterocycles. The molecule has 0 aliphatic rings. The Morgan fingerprint density at radius 3 is 2.72 bits per heavy atom. The highest BCUT2D eigenvalue weighted by molar-refractivity contribution is 5.99. The van der Waals surface area contributed by atoms with Gasteiger partial charge in [-0.2, -0.15) is 5.10 Å². The lowest BCUT2D eigenvalue weighted by Gasteiger charge is -2.10. The number of amides is 1. The highest BCUT2D eigenvalue weighted by Gasteiger charge is 2.21. The molecule has 1 amide bonds. The second kappa shape index (κ2) is 8.42. The predicted octanol–water partition coefficient (Wildman–Crippen LogP) is 3.26. The molecular weight excluding hydrogens is 376 g/mol. The average Bonchev–Trinajstić information content (AvgIpc) is 3.05. The van der Waals surface area contributed by atoms with Crippen molar-refractivity contribution in [2.45, 2.75) is 6.92 Å². The lowest BCUT2D eigenvalue weighted by Crippen LogP contribution is -2.20. The molecular formula is C20H20N4O5. The van der Waals surface area contributed by atoms with Gasteiger partial charge < -0.3 is 14.0 Å². The third-order valence-corrected chi connectivity index (χ3v) is 4.32. The van der Waals surface area contributed by atoms with Crippen molar-refractivity contribution in [3.8, 4) is 11.5 Å². The van der Waals surface area contributed by atoms with Crippen LogP contribution in [0.3, 0.4) is 0 Å². The molecule has 0 atom stereocenters. The monoisotopic (exact) mass is 396 g/mol. The van der Waals surface area contributed by atoms with Crippen molar-refractivity contribution >= 4 is 28.7 Å². The Hall–Kier alpha value is -3.88. The molecule has 3 rings (SSSR count). The number of nitro benzene ring substituents is 1.